The number of aromatic nitrogens is 2. The summed E-state index contributed by atoms with van der Waals surface area (Å²) < 4.78 is 0. The molecule has 100 valence electrons. The molecule has 0 saturated carbocycles. The van der Waals surface area contributed by atoms with Gasteiger partial charge in [0.2, 0.25) is 0 Å². The van der Waals surface area contributed by atoms with E-state index in [1.54, 1.807) is 18.2 Å². The Morgan fingerprint density at radius 1 is 1.20 bits per heavy atom. The molecule has 0 saturated heterocycles. The predicted octanol–water partition coefficient (Wildman–Crippen LogP) is 3.49. The van der Waals surface area contributed by atoms with E-state index in [0.29, 0.717) is 0 Å². The van der Waals surface area contributed by atoms with Gasteiger partial charge >= 0.3 is 5.97 Å². The second-order valence-corrected chi connectivity index (χ2v) is 4.67. The summed E-state index contributed by atoms with van der Waals surface area (Å²) in [5.74, 6) is -0.180. The zero-order chi connectivity index (χ0) is 14.1. The van der Waals surface area contributed by atoms with Crippen molar-refractivity contribution in [1.29, 1.82) is 0 Å². The first-order valence-corrected chi connectivity index (χ1v) is 6.50. The summed E-state index contributed by atoms with van der Waals surface area (Å²) in [6.45, 7) is 2.11. The van der Waals surface area contributed by atoms with E-state index in [1.165, 1.54) is 5.56 Å². The van der Waals surface area contributed by atoms with E-state index >= 15 is 0 Å². The lowest BCUT2D eigenvalue weighted by molar-refractivity contribution is 0.0697. The van der Waals surface area contributed by atoms with Gasteiger partial charge in [-0.2, -0.15) is 0 Å². The van der Waals surface area contributed by atoms with Crippen LogP contribution in [0.25, 0.3) is 22.4 Å². The molecule has 4 nitrogen and oxygen atoms in total. The zero-order valence-electron chi connectivity index (χ0n) is 11.1. The predicted molar refractivity (Wildman–Crippen MR) is 77.9 cm³/mol. The molecular weight excluding hydrogens is 252 g/mol. The Labute approximate surface area is 116 Å². The molecular formula is C16H14N2O2. The molecule has 0 bridgehead atoms. The van der Waals surface area contributed by atoms with Crippen LogP contribution < -0.4 is 0 Å². The van der Waals surface area contributed by atoms with Crippen LogP contribution in [0.15, 0.2) is 42.5 Å². The van der Waals surface area contributed by atoms with Gasteiger partial charge in [0, 0.05) is 5.56 Å². The van der Waals surface area contributed by atoms with E-state index < -0.39 is 5.97 Å². The first-order chi connectivity index (χ1) is 9.67. The number of hydrogen-bond acceptors (Lipinski definition) is 2. The average Bonchev–Trinajstić information content (AvgIpc) is 2.90. The first kappa shape index (κ1) is 12.4. The largest absolute Gasteiger partial charge is 0.478 e. The van der Waals surface area contributed by atoms with Crippen LogP contribution >= 0.6 is 0 Å². The Balaban J connectivity index is 2.05. The SMILES string of the molecule is CCc1ccc(-c2nc3ccc(C(=O)O)cc3[nH]2)cc1. The van der Waals surface area contributed by atoms with Gasteiger partial charge in [-0.15, -0.1) is 0 Å². The Morgan fingerprint density at radius 2 is 1.95 bits per heavy atom. The number of nitrogens with one attached hydrogen (secondary N) is 1. The minimum Gasteiger partial charge on any atom is -0.478 e. The Bertz CT molecular complexity index is 773. The second kappa shape index (κ2) is 4.81. The van der Waals surface area contributed by atoms with Gasteiger partial charge < -0.3 is 10.1 Å². The number of nitrogens with zero attached hydrogens (tertiary/aromatic N) is 1. The maximum absolute atomic E-state index is 11.0. The number of imidazole rings is 1. The standard InChI is InChI=1S/C16H14N2O2/c1-2-10-3-5-11(6-4-10)15-17-13-8-7-12(16(19)20)9-14(13)18-15/h3-9H,2H2,1H3,(H,17,18)(H,19,20). The van der Waals surface area contributed by atoms with E-state index in [2.05, 4.69) is 29.0 Å². The van der Waals surface area contributed by atoms with Crippen molar-refractivity contribution in [1.82, 2.24) is 9.97 Å². The zero-order valence-corrected chi connectivity index (χ0v) is 11.1. The molecule has 0 radical (unpaired) electrons. The third kappa shape index (κ3) is 2.16. The van der Waals surface area contributed by atoms with Gasteiger partial charge in [-0.25, -0.2) is 9.78 Å². The number of carboxylic acids is 1. The molecule has 0 amide bonds. The fraction of sp³-hybridized carbons (Fsp3) is 0.125. The van der Waals surface area contributed by atoms with Crippen molar-refractivity contribution in [2.45, 2.75) is 13.3 Å². The molecule has 20 heavy (non-hydrogen) atoms. The van der Waals surface area contributed by atoms with Crippen molar-refractivity contribution in [3.63, 3.8) is 0 Å². The van der Waals surface area contributed by atoms with Gasteiger partial charge in [-0.1, -0.05) is 31.2 Å². The number of benzene rings is 2. The molecule has 0 spiro atoms. The quantitative estimate of drug-likeness (QED) is 0.762. The summed E-state index contributed by atoms with van der Waals surface area (Å²) in [6, 6.07) is 13.1. The number of rotatable bonds is 3. The molecule has 0 unspecified atom stereocenters. The van der Waals surface area contributed by atoms with Crippen molar-refractivity contribution >= 4 is 17.0 Å². The summed E-state index contributed by atoms with van der Waals surface area (Å²) in [6.07, 6.45) is 1.00. The molecule has 3 rings (SSSR count). The van der Waals surface area contributed by atoms with Gasteiger partial charge in [0.15, 0.2) is 0 Å². The van der Waals surface area contributed by atoms with Gasteiger partial charge in [0.1, 0.15) is 5.82 Å². The lowest BCUT2D eigenvalue weighted by Gasteiger charge is -1.98. The number of carboxylic acid groups (broad SMARTS) is 1. The molecule has 1 heterocycles. The molecule has 4 heteroatoms. The first-order valence-electron chi connectivity index (χ1n) is 6.50. The minimum absolute atomic E-state index is 0.258. The fourth-order valence-corrected chi connectivity index (χ4v) is 2.18. The number of fused-ring (bicyclic) bond motifs is 1. The third-order valence-electron chi connectivity index (χ3n) is 3.36. The van der Waals surface area contributed by atoms with E-state index in [9.17, 15) is 4.79 Å². The highest BCUT2D eigenvalue weighted by Gasteiger charge is 2.08. The normalized spacial score (nSPS) is 10.8. The van der Waals surface area contributed by atoms with E-state index in [0.717, 1.165) is 28.8 Å². The van der Waals surface area contributed by atoms with Crippen LogP contribution in [0.5, 0.6) is 0 Å². The lowest BCUT2D eigenvalue weighted by Crippen LogP contribution is -1.94. The second-order valence-electron chi connectivity index (χ2n) is 4.67. The van der Waals surface area contributed by atoms with E-state index in [-0.39, 0.29) is 5.56 Å². The van der Waals surface area contributed by atoms with E-state index in [1.807, 2.05) is 12.1 Å². The highest BCUT2D eigenvalue weighted by Crippen LogP contribution is 2.21. The van der Waals surface area contributed by atoms with Crippen LogP contribution in [0, 0.1) is 0 Å². The molecule has 2 N–H and O–H groups in total. The molecule has 0 aliphatic carbocycles. The van der Waals surface area contributed by atoms with Crippen molar-refractivity contribution < 1.29 is 9.90 Å². The summed E-state index contributed by atoms with van der Waals surface area (Å²) in [4.78, 5) is 18.6. The molecule has 0 aliphatic heterocycles. The van der Waals surface area contributed by atoms with Gasteiger partial charge in [-0.3, -0.25) is 0 Å². The number of aryl methyl sites for hydroxylation is 1. The number of H-pyrrole nitrogens is 1. The smallest absolute Gasteiger partial charge is 0.335 e. The highest BCUT2D eigenvalue weighted by atomic mass is 16.4. The molecule has 2 aromatic carbocycles. The molecule has 0 fully saturated rings. The topological polar surface area (TPSA) is 66.0 Å². The maximum atomic E-state index is 11.0. The van der Waals surface area contributed by atoms with Crippen molar-refractivity contribution in [2.24, 2.45) is 0 Å². The van der Waals surface area contributed by atoms with Crippen molar-refractivity contribution in [3.05, 3.63) is 53.6 Å². The van der Waals surface area contributed by atoms with Gasteiger partial charge in [-0.05, 0) is 30.2 Å². The number of hydrogen-bond donors (Lipinski definition) is 2. The fourth-order valence-electron chi connectivity index (χ4n) is 2.18. The number of carbonyl (C=O) groups is 1. The summed E-state index contributed by atoms with van der Waals surface area (Å²) >= 11 is 0. The summed E-state index contributed by atoms with van der Waals surface area (Å²) in [7, 11) is 0. The molecule has 0 aliphatic rings. The summed E-state index contributed by atoms with van der Waals surface area (Å²) in [5, 5.41) is 8.99. The van der Waals surface area contributed by atoms with Gasteiger partial charge in [0.25, 0.3) is 0 Å². The molecule has 1 aromatic heterocycles. The van der Waals surface area contributed by atoms with Crippen LogP contribution in [0.4, 0.5) is 0 Å². The third-order valence-corrected chi connectivity index (χ3v) is 3.36. The molecule has 0 atom stereocenters. The monoisotopic (exact) mass is 266 g/mol. The summed E-state index contributed by atoms with van der Waals surface area (Å²) in [5.41, 5.74) is 4.03. The Kier molecular flexibility index (Phi) is 2.99. The maximum Gasteiger partial charge on any atom is 0.335 e. The van der Waals surface area contributed by atoms with Crippen molar-refractivity contribution in [2.75, 3.05) is 0 Å². The number of aromatic amines is 1. The van der Waals surface area contributed by atoms with Crippen LogP contribution in [-0.4, -0.2) is 21.0 Å². The Hall–Kier alpha value is -2.62. The number of aromatic carboxylic acids is 1. The van der Waals surface area contributed by atoms with Crippen molar-refractivity contribution in [3.8, 4) is 11.4 Å². The molecule has 3 aromatic rings. The van der Waals surface area contributed by atoms with Gasteiger partial charge in [0.05, 0.1) is 16.6 Å². The average molecular weight is 266 g/mol. The minimum atomic E-state index is -0.935. The van der Waals surface area contributed by atoms with Crippen LogP contribution in [0.2, 0.25) is 0 Å². The highest BCUT2D eigenvalue weighted by molar-refractivity contribution is 5.92. The van der Waals surface area contributed by atoms with Crippen LogP contribution in [0.1, 0.15) is 22.8 Å². The van der Waals surface area contributed by atoms with Crippen LogP contribution in [-0.2, 0) is 6.42 Å². The lowest BCUT2D eigenvalue weighted by atomic mass is 10.1. The van der Waals surface area contributed by atoms with E-state index in [4.69, 9.17) is 5.11 Å². The van der Waals surface area contributed by atoms with Crippen LogP contribution in [0.3, 0.4) is 0 Å². The Morgan fingerprint density at radius 3 is 2.60 bits per heavy atom.